The van der Waals surface area contributed by atoms with E-state index in [2.05, 4.69) is 12.1 Å². The Balaban J connectivity index is 0.00000110. The molecule has 0 radical (unpaired) electrons. The molecule has 1 aromatic heterocycles. The molecule has 0 saturated carbocycles. The third-order valence-electron chi connectivity index (χ3n) is 3.53. The minimum Gasteiger partial charge on any atom is -0.508 e. The Morgan fingerprint density at radius 2 is 1.79 bits per heavy atom. The summed E-state index contributed by atoms with van der Waals surface area (Å²) in [5.74, 6) is 0.325. The second-order valence-electron chi connectivity index (χ2n) is 4.71. The van der Waals surface area contributed by atoms with Gasteiger partial charge in [0.1, 0.15) is 5.75 Å². The average molecular weight is 314 g/mol. The third kappa shape index (κ3) is 1.81. The van der Waals surface area contributed by atoms with E-state index in [1.807, 2.05) is 30.3 Å². The highest BCUT2D eigenvalue weighted by atomic mass is 79.9. The number of aromatic hydroxyl groups is 1. The third-order valence-corrected chi connectivity index (χ3v) is 3.53. The Morgan fingerprint density at radius 1 is 0.947 bits per heavy atom. The van der Waals surface area contributed by atoms with E-state index in [1.165, 1.54) is 10.9 Å². The molecule has 0 atom stereocenters. The fourth-order valence-corrected chi connectivity index (χ4v) is 2.69. The molecule has 2 nitrogen and oxygen atoms in total. The standard InChI is InChI=1S/C16H11NO.BrH/c18-13-5-6-14-11(9-13)8-12-7-10-3-1-2-4-15(10)17-16(12)14;/h1-7,9,18H,8H2;1H. The van der Waals surface area contributed by atoms with Crippen LogP contribution in [0.2, 0.25) is 0 Å². The Hall–Kier alpha value is -1.87. The first-order valence-corrected chi connectivity index (χ1v) is 6.02. The molecule has 4 rings (SSSR count). The van der Waals surface area contributed by atoms with Crippen LogP contribution in [0.25, 0.3) is 22.2 Å². The molecule has 1 aliphatic rings. The summed E-state index contributed by atoms with van der Waals surface area (Å²) in [5.41, 5.74) is 5.64. The lowest BCUT2D eigenvalue weighted by molar-refractivity contribution is 0.475. The maximum absolute atomic E-state index is 9.54. The molecule has 3 heteroatoms. The Bertz CT molecular complexity index is 783. The van der Waals surface area contributed by atoms with E-state index in [0.717, 1.165) is 28.8 Å². The van der Waals surface area contributed by atoms with Crippen molar-refractivity contribution in [1.82, 2.24) is 4.98 Å². The van der Waals surface area contributed by atoms with Crippen LogP contribution in [0.5, 0.6) is 5.75 Å². The van der Waals surface area contributed by atoms with E-state index in [9.17, 15) is 5.11 Å². The van der Waals surface area contributed by atoms with Gasteiger partial charge in [-0.2, -0.15) is 0 Å². The lowest BCUT2D eigenvalue weighted by atomic mass is 10.1. The molecule has 0 bridgehead atoms. The first kappa shape index (κ1) is 12.2. The van der Waals surface area contributed by atoms with Crippen LogP contribution >= 0.6 is 17.0 Å². The second-order valence-corrected chi connectivity index (χ2v) is 4.71. The maximum Gasteiger partial charge on any atom is 0.115 e. The van der Waals surface area contributed by atoms with Crippen molar-refractivity contribution < 1.29 is 5.11 Å². The molecular weight excluding hydrogens is 302 g/mol. The van der Waals surface area contributed by atoms with Crippen LogP contribution in [-0.4, -0.2) is 10.1 Å². The van der Waals surface area contributed by atoms with Crippen molar-refractivity contribution in [2.24, 2.45) is 0 Å². The highest BCUT2D eigenvalue weighted by Gasteiger charge is 2.20. The van der Waals surface area contributed by atoms with Crippen molar-refractivity contribution in [1.29, 1.82) is 0 Å². The number of para-hydroxylation sites is 1. The van der Waals surface area contributed by atoms with E-state index in [0.29, 0.717) is 5.75 Å². The van der Waals surface area contributed by atoms with Crippen molar-refractivity contribution >= 4 is 27.9 Å². The fraction of sp³-hybridized carbons (Fsp3) is 0.0625. The van der Waals surface area contributed by atoms with Gasteiger partial charge in [0, 0.05) is 17.4 Å². The molecule has 94 valence electrons. The van der Waals surface area contributed by atoms with Crippen molar-refractivity contribution in [2.75, 3.05) is 0 Å². The van der Waals surface area contributed by atoms with Crippen LogP contribution in [0.3, 0.4) is 0 Å². The van der Waals surface area contributed by atoms with E-state index >= 15 is 0 Å². The van der Waals surface area contributed by atoms with Crippen LogP contribution in [0.1, 0.15) is 11.1 Å². The van der Waals surface area contributed by atoms with Gasteiger partial charge in [-0.25, -0.2) is 4.98 Å². The first-order valence-electron chi connectivity index (χ1n) is 6.02. The molecular formula is C16H12BrNO. The second kappa shape index (κ2) is 4.35. The van der Waals surface area contributed by atoms with Crippen molar-refractivity contribution in [3.05, 3.63) is 59.7 Å². The van der Waals surface area contributed by atoms with Gasteiger partial charge in [0.2, 0.25) is 0 Å². The smallest absolute Gasteiger partial charge is 0.115 e. The van der Waals surface area contributed by atoms with E-state index < -0.39 is 0 Å². The zero-order valence-electron chi connectivity index (χ0n) is 10.1. The number of halogens is 1. The molecule has 2 aromatic carbocycles. The zero-order valence-corrected chi connectivity index (χ0v) is 11.8. The molecule has 0 unspecified atom stereocenters. The van der Waals surface area contributed by atoms with Crippen molar-refractivity contribution in [2.45, 2.75) is 6.42 Å². The largest absolute Gasteiger partial charge is 0.508 e. The Labute approximate surface area is 121 Å². The Kier molecular flexibility index (Phi) is 2.79. The zero-order chi connectivity index (χ0) is 12.1. The minimum absolute atomic E-state index is 0. The van der Waals surface area contributed by atoms with Gasteiger partial charge in [-0.3, -0.25) is 0 Å². The van der Waals surface area contributed by atoms with Gasteiger partial charge in [0.05, 0.1) is 11.2 Å². The van der Waals surface area contributed by atoms with Gasteiger partial charge in [0.15, 0.2) is 0 Å². The molecule has 19 heavy (non-hydrogen) atoms. The Morgan fingerprint density at radius 3 is 2.68 bits per heavy atom. The van der Waals surface area contributed by atoms with Gasteiger partial charge in [-0.15, -0.1) is 17.0 Å². The number of pyridine rings is 1. The number of rotatable bonds is 0. The summed E-state index contributed by atoms with van der Waals surface area (Å²) >= 11 is 0. The van der Waals surface area contributed by atoms with Crippen molar-refractivity contribution in [3.8, 4) is 17.0 Å². The van der Waals surface area contributed by atoms with Crippen LogP contribution in [-0.2, 0) is 6.42 Å². The molecule has 1 N–H and O–H groups in total. The quantitative estimate of drug-likeness (QED) is 0.530. The number of phenols is 1. The normalized spacial score (nSPS) is 11.8. The minimum atomic E-state index is 0. The maximum atomic E-state index is 9.54. The first-order chi connectivity index (χ1) is 8.81. The summed E-state index contributed by atoms with van der Waals surface area (Å²) in [6, 6.07) is 15.9. The molecule has 0 fully saturated rings. The van der Waals surface area contributed by atoms with Gasteiger partial charge in [-0.1, -0.05) is 18.2 Å². The van der Waals surface area contributed by atoms with Gasteiger partial charge < -0.3 is 5.11 Å². The molecule has 3 aromatic rings. The van der Waals surface area contributed by atoms with Gasteiger partial charge in [-0.05, 0) is 41.5 Å². The van der Waals surface area contributed by atoms with Gasteiger partial charge >= 0.3 is 0 Å². The fourth-order valence-electron chi connectivity index (χ4n) is 2.69. The lowest BCUT2D eigenvalue weighted by Crippen LogP contribution is -1.86. The number of phenolic OH excluding ortho intramolecular Hbond substituents is 1. The topological polar surface area (TPSA) is 33.1 Å². The predicted octanol–water partition coefficient (Wildman–Crippen LogP) is 4.09. The number of benzene rings is 2. The highest BCUT2D eigenvalue weighted by Crippen LogP contribution is 2.38. The molecule has 1 heterocycles. The molecule has 0 spiro atoms. The predicted molar refractivity (Wildman–Crippen MR) is 82.0 cm³/mol. The van der Waals surface area contributed by atoms with Crippen LogP contribution in [0.4, 0.5) is 0 Å². The summed E-state index contributed by atoms with van der Waals surface area (Å²) in [5, 5.41) is 10.7. The molecule has 0 aliphatic heterocycles. The molecule has 0 amide bonds. The highest BCUT2D eigenvalue weighted by molar-refractivity contribution is 8.93. The summed E-state index contributed by atoms with van der Waals surface area (Å²) < 4.78 is 0. The number of hydrogen-bond donors (Lipinski definition) is 1. The van der Waals surface area contributed by atoms with E-state index in [4.69, 9.17) is 4.98 Å². The number of aromatic nitrogens is 1. The monoisotopic (exact) mass is 313 g/mol. The van der Waals surface area contributed by atoms with Crippen molar-refractivity contribution in [3.63, 3.8) is 0 Å². The summed E-state index contributed by atoms with van der Waals surface area (Å²) in [6.45, 7) is 0. The summed E-state index contributed by atoms with van der Waals surface area (Å²) in [4.78, 5) is 4.75. The van der Waals surface area contributed by atoms with Crippen LogP contribution < -0.4 is 0 Å². The summed E-state index contributed by atoms with van der Waals surface area (Å²) in [6.07, 6.45) is 0.858. The van der Waals surface area contributed by atoms with Gasteiger partial charge in [0.25, 0.3) is 0 Å². The molecule has 1 aliphatic carbocycles. The number of fused-ring (bicyclic) bond motifs is 4. The number of hydrogen-bond acceptors (Lipinski definition) is 2. The summed E-state index contributed by atoms with van der Waals surface area (Å²) in [7, 11) is 0. The lowest BCUT2D eigenvalue weighted by Gasteiger charge is -2.03. The van der Waals surface area contributed by atoms with Crippen LogP contribution in [0, 0.1) is 0 Å². The molecule has 0 saturated heterocycles. The average Bonchev–Trinajstić information content (AvgIpc) is 2.72. The van der Waals surface area contributed by atoms with E-state index in [-0.39, 0.29) is 17.0 Å². The van der Waals surface area contributed by atoms with Crippen LogP contribution in [0.15, 0.2) is 48.5 Å². The van der Waals surface area contributed by atoms with E-state index in [1.54, 1.807) is 6.07 Å². The SMILES string of the molecule is Br.Oc1ccc2c(c1)Cc1cc3ccccc3nc1-2. The number of nitrogens with zero attached hydrogens (tertiary/aromatic N) is 1.